The van der Waals surface area contributed by atoms with Crippen molar-refractivity contribution in [2.45, 2.75) is 27.2 Å². The number of halogens is 1. The summed E-state index contributed by atoms with van der Waals surface area (Å²) in [5.74, 6) is 1.31. The summed E-state index contributed by atoms with van der Waals surface area (Å²) < 4.78 is 5.83. The maximum Gasteiger partial charge on any atom is 0.140 e. The smallest absolute Gasteiger partial charge is 0.140 e. The van der Waals surface area contributed by atoms with Gasteiger partial charge in [0.1, 0.15) is 10.8 Å². The zero-order chi connectivity index (χ0) is 17.5. The van der Waals surface area contributed by atoms with E-state index in [9.17, 15) is 0 Å². The largest absolute Gasteiger partial charge is 0.492 e. The van der Waals surface area contributed by atoms with Gasteiger partial charge in [-0.05, 0) is 59.9 Å². The van der Waals surface area contributed by atoms with Gasteiger partial charge in [0.2, 0.25) is 0 Å². The van der Waals surface area contributed by atoms with Crippen molar-refractivity contribution in [3.8, 4) is 5.75 Å². The average Bonchev–Trinajstić information content (AvgIpc) is 2.95. The van der Waals surface area contributed by atoms with Gasteiger partial charge >= 0.3 is 0 Å². The third-order valence-corrected chi connectivity index (χ3v) is 6.12. The lowest BCUT2D eigenvalue weighted by atomic mass is 10.1. The lowest BCUT2D eigenvalue weighted by molar-refractivity contribution is 0.290. The van der Waals surface area contributed by atoms with Gasteiger partial charge in [0.05, 0.1) is 17.3 Å². The number of aryl methyl sites for hydroxylation is 1. The normalized spacial score (nSPS) is 12.0. The molecule has 0 atom stereocenters. The Hall–Kier alpha value is -0.620. The summed E-state index contributed by atoms with van der Waals surface area (Å²) in [7, 11) is 3.37. The molecule has 0 spiro atoms. The van der Waals surface area contributed by atoms with E-state index < -0.39 is 0 Å². The molecular weight excluding hydrogens is 378 g/mol. The molecule has 0 bridgehead atoms. The molecule has 0 saturated heterocycles. The molecule has 0 aliphatic carbocycles. The number of hydrogen-bond donors (Lipinski definition) is 0. The van der Waals surface area contributed by atoms with Gasteiger partial charge in [0.25, 0.3) is 0 Å². The number of nitrogens with zero attached hydrogens (tertiary/aromatic N) is 1. The zero-order valence-corrected chi connectivity index (χ0v) is 17.5. The van der Waals surface area contributed by atoms with Gasteiger partial charge in [-0.2, -0.15) is 0 Å². The molecule has 0 N–H and O–H groups in total. The molecule has 1 aromatic carbocycles. The van der Waals surface area contributed by atoms with Crippen LogP contribution in [0.15, 0.2) is 34.6 Å². The van der Waals surface area contributed by atoms with Crippen LogP contribution in [0, 0.1) is 12.8 Å². The Bertz CT molecular complexity index is 697. The highest BCUT2D eigenvalue weighted by atomic mass is 35.5. The second-order valence-corrected chi connectivity index (χ2v) is 9.62. The Morgan fingerprint density at radius 1 is 1.33 bits per heavy atom. The van der Waals surface area contributed by atoms with Gasteiger partial charge in [-0.3, -0.25) is 0 Å². The molecular formula is C18H22ClNOS3. The Labute approximate surface area is 161 Å². The molecule has 1 heterocycles. The maximum atomic E-state index is 6.25. The van der Waals surface area contributed by atoms with Crippen molar-refractivity contribution in [1.29, 1.82) is 0 Å². The van der Waals surface area contributed by atoms with Crippen LogP contribution in [-0.2, 0) is 0 Å². The highest BCUT2D eigenvalue weighted by molar-refractivity contribution is 8.82. The first-order chi connectivity index (χ1) is 11.5. The standard InChI is InChI=1S/C18H22ClNOS3/c1-12(2)7-9-21-17-11-14(5-6-16(17)19)20-18(24-22-4)15-8-10-23-13(15)3/h5-6,8,10-12H,7,9H2,1-4H3. The van der Waals surface area contributed by atoms with E-state index in [1.54, 1.807) is 32.9 Å². The molecule has 130 valence electrons. The second kappa shape index (κ2) is 9.76. The maximum absolute atomic E-state index is 6.25. The summed E-state index contributed by atoms with van der Waals surface area (Å²) >= 11 is 7.99. The number of hydrogen-bond acceptors (Lipinski definition) is 5. The Morgan fingerprint density at radius 2 is 2.12 bits per heavy atom. The Morgan fingerprint density at radius 3 is 2.75 bits per heavy atom. The van der Waals surface area contributed by atoms with Crippen LogP contribution in [0.2, 0.25) is 5.02 Å². The molecule has 2 nitrogen and oxygen atoms in total. The fraction of sp³-hybridized carbons (Fsp3) is 0.389. The van der Waals surface area contributed by atoms with E-state index in [0.717, 1.165) is 17.2 Å². The fourth-order valence-electron chi connectivity index (χ4n) is 2.00. The Kier molecular flexibility index (Phi) is 8.01. The summed E-state index contributed by atoms with van der Waals surface area (Å²) in [5, 5.41) is 3.74. The van der Waals surface area contributed by atoms with Crippen LogP contribution < -0.4 is 4.74 Å². The number of thiophene rings is 1. The molecule has 0 aliphatic rings. The third-order valence-electron chi connectivity index (χ3n) is 3.35. The number of aliphatic imine (C=N–C) groups is 1. The van der Waals surface area contributed by atoms with E-state index >= 15 is 0 Å². The van der Waals surface area contributed by atoms with Crippen LogP contribution in [0.4, 0.5) is 5.69 Å². The van der Waals surface area contributed by atoms with Crippen LogP contribution in [-0.4, -0.2) is 17.9 Å². The summed E-state index contributed by atoms with van der Waals surface area (Å²) in [6.45, 7) is 7.15. The highest BCUT2D eigenvalue weighted by Gasteiger charge is 2.10. The molecule has 6 heteroatoms. The predicted molar refractivity (Wildman–Crippen MR) is 113 cm³/mol. The fourth-order valence-corrected chi connectivity index (χ4v) is 4.41. The lowest BCUT2D eigenvalue weighted by Gasteiger charge is -2.11. The molecule has 0 aliphatic heterocycles. The van der Waals surface area contributed by atoms with Crippen LogP contribution in [0.3, 0.4) is 0 Å². The van der Waals surface area contributed by atoms with Crippen LogP contribution in [0.1, 0.15) is 30.7 Å². The summed E-state index contributed by atoms with van der Waals surface area (Å²) in [6.07, 6.45) is 3.07. The first-order valence-electron chi connectivity index (χ1n) is 7.77. The number of benzene rings is 1. The lowest BCUT2D eigenvalue weighted by Crippen LogP contribution is -2.01. The van der Waals surface area contributed by atoms with Gasteiger partial charge in [0.15, 0.2) is 0 Å². The summed E-state index contributed by atoms with van der Waals surface area (Å²) in [6, 6.07) is 7.83. The minimum absolute atomic E-state index is 0.608. The third kappa shape index (κ3) is 5.73. The monoisotopic (exact) mass is 399 g/mol. The Balaban J connectivity index is 2.24. The van der Waals surface area contributed by atoms with Crippen molar-refractivity contribution < 1.29 is 4.74 Å². The molecule has 24 heavy (non-hydrogen) atoms. The molecule has 2 rings (SSSR count). The van der Waals surface area contributed by atoms with E-state index in [1.807, 2.05) is 18.2 Å². The van der Waals surface area contributed by atoms with Gasteiger partial charge < -0.3 is 4.74 Å². The average molecular weight is 400 g/mol. The highest BCUT2D eigenvalue weighted by Crippen LogP contribution is 2.34. The first-order valence-corrected chi connectivity index (χ1v) is 11.6. The first kappa shape index (κ1) is 19.7. The second-order valence-electron chi connectivity index (χ2n) is 5.70. The van der Waals surface area contributed by atoms with E-state index in [4.69, 9.17) is 21.3 Å². The quantitative estimate of drug-likeness (QED) is 0.278. The van der Waals surface area contributed by atoms with Crippen molar-refractivity contribution in [1.82, 2.24) is 0 Å². The molecule has 0 radical (unpaired) electrons. The van der Waals surface area contributed by atoms with Gasteiger partial charge in [0, 0.05) is 16.5 Å². The predicted octanol–water partition coefficient (Wildman–Crippen LogP) is 7.22. The van der Waals surface area contributed by atoms with E-state index in [2.05, 4.69) is 38.5 Å². The number of ether oxygens (including phenoxy) is 1. The minimum atomic E-state index is 0.608. The van der Waals surface area contributed by atoms with Crippen molar-refractivity contribution in [3.63, 3.8) is 0 Å². The van der Waals surface area contributed by atoms with E-state index in [0.29, 0.717) is 23.3 Å². The van der Waals surface area contributed by atoms with Crippen molar-refractivity contribution >= 4 is 55.3 Å². The molecule has 0 saturated carbocycles. The molecule has 0 unspecified atom stereocenters. The summed E-state index contributed by atoms with van der Waals surface area (Å²) in [5.41, 5.74) is 2.05. The summed E-state index contributed by atoms with van der Waals surface area (Å²) in [4.78, 5) is 6.10. The van der Waals surface area contributed by atoms with Crippen molar-refractivity contribution in [2.75, 3.05) is 12.9 Å². The van der Waals surface area contributed by atoms with Crippen LogP contribution in [0.5, 0.6) is 5.75 Å². The van der Waals surface area contributed by atoms with Crippen molar-refractivity contribution in [3.05, 3.63) is 45.1 Å². The van der Waals surface area contributed by atoms with Gasteiger partial charge in [-0.15, -0.1) is 11.3 Å². The molecule has 2 aromatic rings. The molecule has 1 aromatic heterocycles. The molecule has 0 fully saturated rings. The van der Waals surface area contributed by atoms with Gasteiger partial charge in [-0.1, -0.05) is 36.2 Å². The van der Waals surface area contributed by atoms with Crippen LogP contribution >= 0.6 is 44.5 Å². The number of rotatable bonds is 7. The van der Waals surface area contributed by atoms with E-state index in [-0.39, 0.29) is 0 Å². The van der Waals surface area contributed by atoms with Crippen LogP contribution in [0.25, 0.3) is 0 Å². The topological polar surface area (TPSA) is 21.6 Å². The van der Waals surface area contributed by atoms with E-state index in [1.165, 1.54) is 10.4 Å². The van der Waals surface area contributed by atoms with Gasteiger partial charge in [-0.25, -0.2) is 4.99 Å². The molecule has 0 amide bonds. The SMILES string of the molecule is CSSC(=Nc1ccc(Cl)c(OCCC(C)C)c1)c1ccsc1C. The minimum Gasteiger partial charge on any atom is -0.492 e. The zero-order valence-electron chi connectivity index (χ0n) is 14.3. The van der Waals surface area contributed by atoms with Crippen molar-refractivity contribution in [2.24, 2.45) is 10.9 Å².